The number of hydrogen-bond acceptors (Lipinski definition) is 2. The predicted octanol–water partition coefficient (Wildman–Crippen LogP) is 4.17. The molecule has 1 atom stereocenters. The minimum atomic E-state index is 0.637. The van der Waals surface area contributed by atoms with Gasteiger partial charge < -0.3 is 9.64 Å². The molecule has 0 heterocycles. The van der Waals surface area contributed by atoms with Crippen LogP contribution in [0.4, 0.5) is 0 Å². The maximum Gasteiger partial charge on any atom is 0.119 e. The molecule has 1 aromatic rings. The summed E-state index contributed by atoms with van der Waals surface area (Å²) >= 11 is 0. The molecule has 0 aliphatic rings. The van der Waals surface area contributed by atoms with E-state index in [1.54, 1.807) is 7.11 Å². The van der Waals surface area contributed by atoms with E-state index in [9.17, 15) is 0 Å². The molecule has 0 fully saturated rings. The molecule has 2 heteroatoms. The van der Waals surface area contributed by atoms with Crippen molar-refractivity contribution in [1.82, 2.24) is 4.90 Å². The third-order valence-corrected chi connectivity index (χ3v) is 2.98. The topological polar surface area (TPSA) is 12.5 Å². The van der Waals surface area contributed by atoms with Crippen LogP contribution in [0.15, 0.2) is 24.3 Å². The molecule has 0 N–H and O–H groups in total. The van der Waals surface area contributed by atoms with Crippen LogP contribution in [0, 0.1) is 0 Å². The van der Waals surface area contributed by atoms with Crippen molar-refractivity contribution >= 4 is 0 Å². The van der Waals surface area contributed by atoms with Crippen LogP contribution in [-0.2, 0) is 0 Å². The van der Waals surface area contributed by atoms with Crippen molar-refractivity contribution < 1.29 is 4.74 Å². The number of benzene rings is 1. The molecular weight excluding hydrogens is 222 g/mol. The average Bonchev–Trinajstić information content (AvgIpc) is 2.41. The third kappa shape index (κ3) is 6.06. The Kier molecular flexibility index (Phi) is 9.39. The van der Waals surface area contributed by atoms with E-state index in [-0.39, 0.29) is 0 Å². The minimum Gasteiger partial charge on any atom is -0.497 e. The van der Waals surface area contributed by atoms with Crippen LogP contribution in [0.25, 0.3) is 0 Å². The molecule has 0 aliphatic heterocycles. The number of hydrogen-bond donors (Lipinski definition) is 0. The molecule has 0 bridgehead atoms. The lowest BCUT2D eigenvalue weighted by Crippen LogP contribution is -2.15. The Hall–Kier alpha value is -1.02. The van der Waals surface area contributed by atoms with E-state index in [1.165, 1.54) is 18.4 Å². The Morgan fingerprint density at radius 2 is 1.89 bits per heavy atom. The second kappa shape index (κ2) is 9.95. The zero-order valence-corrected chi connectivity index (χ0v) is 12.9. The number of methoxy groups -OCH3 is 1. The van der Waals surface area contributed by atoms with Crippen molar-refractivity contribution in [3.05, 3.63) is 29.8 Å². The summed E-state index contributed by atoms with van der Waals surface area (Å²) in [4.78, 5) is 2.24. The SMILES string of the molecule is CC.CCC(CCN(C)C)c1cccc(OC)c1. The van der Waals surface area contributed by atoms with Gasteiger partial charge in [0.25, 0.3) is 0 Å². The summed E-state index contributed by atoms with van der Waals surface area (Å²) < 4.78 is 5.26. The lowest BCUT2D eigenvalue weighted by atomic mass is 9.93. The maximum absolute atomic E-state index is 5.26. The molecule has 104 valence electrons. The molecule has 0 amide bonds. The summed E-state index contributed by atoms with van der Waals surface area (Å²) in [6.45, 7) is 7.38. The lowest BCUT2D eigenvalue weighted by Gasteiger charge is -2.18. The van der Waals surface area contributed by atoms with Gasteiger partial charge in [-0.1, -0.05) is 32.9 Å². The van der Waals surface area contributed by atoms with Gasteiger partial charge in [0.15, 0.2) is 0 Å². The zero-order valence-electron chi connectivity index (χ0n) is 12.9. The van der Waals surface area contributed by atoms with E-state index < -0.39 is 0 Å². The number of rotatable bonds is 6. The molecule has 2 nitrogen and oxygen atoms in total. The second-order valence-electron chi connectivity index (χ2n) is 4.47. The molecule has 0 aliphatic carbocycles. The Labute approximate surface area is 113 Å². The van der Waals surface area contributed by atoms with Crippen molar-refractivity contribution in [2.45, 2.75) is 39.5 Å². The van der Waals surface area contributed by atoms with Gasteiger partial charge in [-0.05, 0) is 57.1 Å². The molecule has 18 heavy (non-hydrogen) atoms. The van der Waals surface area contributed by atoms with Crippen LogP contribution < -0.4 is 4.74 Å². The molecule has 0 spiro atoms. The second-order valence-corrected chi connectivity index (χ2v) is 4.47. The Balaban J connectivity index is 0.00000137. The van der Waals surface area contributed by atoms with Crippen molar-refractivity contribution in [2.75, 3.05) is 27.7 Å². The fourth-order valence-corrected chi connectivity index (χ4v) is 1.92. The van der Waals surface area contributed by atoms with E-state index in [1.807, 2.05) is 19.9 Å². The Morgan fingerprint density at radius 3 is 2.39 bits per heavy atom. The van der Waals surface area contributed by atoms with Gasteiger partial charge in [0.05, 0.1) is 7.11 Å². The number of ether oxygens (including phenoxy) is 1. The molecule has 1 unspecified atom stereocenters. The molecule has 0 saturated heterocycles. The normalized spacial score (nSPS) is 11.7. The predicted molar refractivity (Wildman–Crippen MR) is 80.5 cm³/mol. The molecule has 1 aromatic carbocycles. The van der Waals surface area contributed by atoms with E-state index in [0.717, 1.165) is 12.3 Å². The van der Waals surface area contributed by atoms with E-state index >= 15 is 0 Å². The maximum atomic E-state index is 5.26. The summed E-state index contributed by atoms with van der Waals surface area (Å²) in [5.41, 5.74) is 1.39. The molecule has 1 rings (SSSR count). The first-order valence-corrected chi connectivity index (χ1v) is 6.96. The highest BCUT2D eigenvalue weighted by atomic mass is 16.5. The van der Waals surface area contributed by atoms with Crippen LogP contribution in [0.5, 0.6) is 5.75 Å². The summed E-state index contributed by atoms with van der Waals surface area (Å²) in [6, 6.07) is 8.44. The third-order valence-electron chi connectivity index (χ3n) is 2.98. The average molecular weight is 251 g/mol. The summed E-state index contributed by atoms with van der Waals surface area (Å²) in [5.74, 6) is 1.60. The van der Waals surface area contributed by atoms with Gasteiger partial charge in [-0.3, -0.25) is 0 Å². The first-order chi connectivity index (χ1) is 8.67. The highest BCUT2D eigenvalue weighted by molar-refractivity contribution is 5.30. The van der Waals surface area contributed by atoms with Crippen LogP contribution in [0.1, 0.15) is 45.1 Å². The summed E-state index contributed by atoms with van der Waals surface area (Å²) in [6.07, 6.45) is 2.39. The van der Waals surface area contributed by atoms with Gasteiger partial charge in [0, 0.05) is 0 Å². The van der Waals surface area contributed by atoms with Gasteiger partial charge in [-0.15, -0.1) is 0 Å². The van der Waals surface area contributed by atoms with E-state index in [0.29, 0.717) is 5.92 Å². The van der Waals surface area contributed by atoms with E-state index in [2.05, 4.69) is 44.1 Å². The zero-order chi connectivity index (χ0) is 14.0. The smallest absolute Gasteiger partial charge is 0.119 e. The van der Waals surface area contributed by atoms with Crippen molar-refractivity contribution in [1.29, 1.82) is 0 Å². The Bertz CT molecular complexity index is 310. The standard InChI is InChI=1S/C14H23NO.C2H6/c1-5-12(9-10-15(2)3)13-7-6-8-14(11-13)16-4;1-2/h6-8,11-12H,5,9-10H2,1-4H3;1-2H3. The first kappa shape index (κ1) is 17.0. The van der Waals surface area contributed by atoms with Crippen LogP contribution in [0.3, 0.4) is 0 Å². The molecule has 0 radical (unpaired) electrons. The summed E-state index contributed by atoms with van der Waals surface area (Å²) in [5, 5.41) is 0. The quantitative estimate of drug-likeness (QED) is 0.752. The van der Waals surface area contributed by atoms with Crippen LogP contribution in [-0.4, -0.2) is 32.6 Å². The van der Waals surface area contributed by atoms with Crippen molar-refractivity contribution in [3.8, 4) is 5.75 Å². The molecule has 0 aromatic heterocycles. The van der Waals surface area contributed by atoms with Crippen LogP contribution >= 0.6 is 0 Å². The molecular formula is C16H29NO. The fraction of sp³-hybridized carbons (Fsp3) is 0.625. The van der Waals surface area contributed by atoms with Gasteiger partial charge in [0.1, 0.15) is 5.75 Å². The van der Waals surface area contributed by atoms with Gasteiger partial charge in [0.2, 0.25) is 0 Å². The highest BCUT2D eigenvalue weighted by Crippen LogP contribution is 2.26. The monoisotopic (exact) mass is 251 g/mol. The Morgan fingerprint density at radius 1 is 1.22 bits per heavy atom. The lowest BCUT2D eigenvalue weighted by molar-refractivity contribution is 0.377. The van der Waals surface area contributed by atoms with Gasteiger partial charge in [-0.25, -0.2) is 0 Å². The summed E-state index contributed by atoms with van der Waals surface area (Å²) in [7, 11) is 5.97. The van der Waals surface area contributed by atoms with Crippen LogP contribution in [0.2, 0.25) is 0 Å². The van der Waals surface area contributed by atoms with Crippen molar-refractivity contribution in [2.24, 2.45) is 0 Å². The molecule has 0 saturated carbocycles. The van der Waals surface area contributed by atoms with Crippen molar-refractivity contribution in [3.63, 3.8) is 0 Å². The minimum absolute atomic E-state index is 0.637. The first-order valence-electron chi connectivity index (χ1n) is 6.96. The van der Waals surface area contributed by atoms with Gasteiger partial charge >= 0.3 is 0 Å². The highest BCUT2D eigenvalue weighted by Gasteiger charge is 2.10. The fourth-order valence-electron chi connectivity index (χ4n) is 1.92. The largest absolute Gasteiger partial charge is 0.497 e. The van der Waals surface area contributed by atoms with Gasteiger partial charge in [-0.2, -0.15) is 0 Å². The number of nitrogens with zero attached hydrogens (tertiary/aromatic N) is 1. The van der Waals surface area contributed by atoms with E-state index in [4.69, 9.17) is 4.74 Å².